The fourth-order valence-electron chi connectivity index (χ4n) is 1.71. The first-order valence-electron chi connectivity index (χ1n) is 7.33. The molecule has 0 fully saturated rings. The number of carbonyl (C=O) groups is 1. The van der Waals surface area contributed by atoms with Crippen LogP contribution in [-0.4, -0.2) is 30.4 Å². The molecule has 0 aliphatic rings. The van der Waals surface area contributed by atoms with E-state index in [1.54, 1.807) is 6.92 Å². The molecule has 0 heterocycles. The fraction of sp³-hybridized carbons (Fsp3) is 0.562. The van der Waals surface area contributed by atoms with Gasteiger partial charge in [-0.15, -0.1) is 0 Å². The number of rotatable bonds is 7. The van der Waals surface area contributed by atoms with Gasteiger partial charge < -0.3 is 20.5 Å². The lowest BCUT2D eigenvalue weighted by molar-refractivity contribution is 0.218. The second-order valence-electron chi connectivity index (χ2n) is 5.70. The van der Waals surface area contributed by atoms with E-state index < -0.39 is 0 Å². The summed E-state index contributed by atoms with van der Waals surface area (Å²) < 4.78 is 5.62. The van der Waals surface area contributed by atoms with Gasteiger partial charge in [0.15, 0.2) is 0 Å². The van der Waals surface area contributed by atoms with Crippen LogP contribution in [0, 0.1) is 5.92 Å². The molecule has 0 saturated carbocycles. The molecular weight excluding hydrogens is 268 g/mol. The summed E-state index contributed by atoms with van der Waals surface area (Å²) in [5.74, 6) is 1.32. The van der Waals surface area contributed by atoms with Crippen molar-refractivity contribution < 1.29 is 14.6 Å². The van der Waals surface area contributed by atoms with E-state index in [4.69, 9.17) is 9.84 Å². The van der Waals surface area contributed by atoms with Crippen LogP contribution in [0.3, 0.4) is 0 Å². The molecule has 0 spiro atoms. The van der Waals surface area contributed by atoms with Gasteiger partial charge in [0, 0.05) is 0 Å². The first-order valence-corrected chi connectivity index (χ1v) is 7.33. The van der Waals surface area contributed by atoms with Crippen LogP contribution in [0.15, 0.2) is 24.3 Å². The Kier molecular flexibility index (Phi) is 7.02. The highest BCUT2D eigenvalue weighted by molar-refractivity contribution is 5.74. The van der Waals surface area contributed by atoms with Crippen molar-refractivity contribution in [2.24, 2.45) is 5.92 Å². The highest BCUT2D eigenvalue weighted by Gasteiger charge is 2.11. The molecule has 0 aliphatic heterocycles. The van der Waals surface area contributed by atoms with Crippen molar-refractivity contribution in [3.8, 4) is 5.75 Å². The minimum Gasteiger partial charge on any atom is -0.493 e. The van der Waals surface area contributed by atoms with Crippen molar-refractivity contribution in [3.05, 3.63) is 29.8 Å². The molecule has 5 nitrogen and oxygen atoms in total. The Morgan fingerprint density at radius 1 is 1.14 bits per heavy atom. The maximum absolute atomic E-state index is 11.7. The van der Waals surface area contributed by atoms with E-state index in [2.05, 4.69) is 24.5 Å². The Bertz CT molecular complexity index is 432. The molecule has 1 aromatic rings. The number of carbonyl (C=O) groups excluding carboxylic acids is 1. The van der Waals surface area contributed by atoms with E-state index in [0.29, 0.717) is 12.5 Å². The topological polar surface area (TPSA) is 70.6 Å². The van der Waals surface area contributed by atoms with E-state index in [1.807, 2.05) is 31.2 Å². The maximum atomic E-state index is 11.7. The maximum Gasteiger partial charge on any atom is 0.315 e. The monoisotopic (exact) mass is 294 g/mol. The Morgan fingerprint density at radius 2 is 1.76 bits per heavy atom. The van der Waals surface area contributed by atoms with Gasteiger partial charge in [0.05, 0.1) is 25.3 Å². The number of hydrogen-bond acceptors (Lipinski definition) is 3. The molecule has 0 aromatic heterocycles. The van der Waals surface area contributed by atoms with Crippen LogP contribution in [0.25, 0.3) is 0 Å². The first-order chi connectivity index (χ1) is 9.92. The average molecular weight is 294 g/mol. The average Bonchev–Trinajstić information content (AvgIpc) is 2.45. The van der Waals surface area contributed by atoms with Crippen molar-refractivity contribution in [1.82, 2.24) is 10.6 Å². The molecule has 0 aliphatic carbocycles. The second-order valence-corrected chi connectivity index (χ2v) is 5.70. The van der Waals surface area contributed by atoms with Gasteiger partial charge in [0.25, 0.3) is 0 Å². The first kappa shape index (κ1) is 17.3. The SMILES string of the molecule is CC(C)COc1ccc(C(C)NC(=O)NC(C)CO)cc1. The molecule has 0 radical (unpaired) electrons. The molecule has 2 unspecified atom stereocenters. The van der Waals surface area contributed by atoms with Gasteiger partial charge in [-0.25, -0.2) is 4.79 Å². The van der Waals surface area contributed by atoms with Crippen molar-refractivity contribution in [1.29, 1.82) is 0 Å². The molecule has 0 bridgehead atoms. The summed E-state index contributed by atoms with van der Waals surface area (Å²) in [4.78, 5) is 11.7. The molecule has 0 saturated heterocycles. The standard InChI is InChI=1S/C16H26N2O3/c1-11(2)10-21-15-7-5-14(6-8-15)13(4)18-16(20)17-12(3)9-19/h5-8,11-13,19H,9-10H2,1-4H3,(H2,17,18,20). The zero-order chi connectivity index (χ0) is 15.8. The second kappa shape index (κ2) is 8.52. The van der Waals surface area contributed by atoms with Crippen molar-refractivity contribution in [2.45, 2.75) is 39.8 Å². The largest absolute Gasteiger partial charge is 0.493 e. The highest BCUT2D eigenvalue weighted by Crippen LogP contribution is 2.18. The van der Waals surface area contributed by atoms with Crippen LogP contribution >= 0.6 is 0 Å². The van der Waals surface area contributed by atoms with E-state index in [-0.39, 0.29) is 24.7 Å². The van der Waals surface area contributed by atoms with Gasteiger partial charge >= 0.3 is 6.03 Å². The summed E-state index contributed by atoms with van der Waals surface area (Å²) in [6.07, 6.45) is 0. The van der Waals surface area contributed by atoms with Gasteiger partial charge in [-0.1, -0.05) is 26.0 Å². The molecule has 5 heteroatoms. The molecule has 2 atom stereocenters. The zero-order valence-corrected chi connectivity index (χ0v) is 13.2. The lowest BCUT2D eigenvalue weighted by Gasteiger charge is -2.18. The minimum atomic E-state index is -0.288. The van der Waals surface area contributed by atoms with E-state index in [0.717, 1.165) is 11.3 Å². The third-order valence-electron chi connectivity index (χ3n) is 2.96. The molecule has 2 amide bonds. The number of urea groups is 1. The number of nitrogens with one attached hydrogen (secondary N) is 2. The van der Waals surface area contributed by atoms with Gasteiger partial charge in [0.2, 0.25) is 0 Å². The number of aliphatic hydroxyl groups excluding tert-OH is 1. The number of aliphatic hydroxyl groups is 1. The lowest BCUT2D eigenvalue weighted by Crippen LogP contribution is -2.43. The molecule has 1 rings (SSSR count). The Balaban J connectivity index is 2.50. The van der Waals surface area contributed by atoms with Crippen LogP contribution in [0.2, 0.25) is 0 Å². The normalized spacial score (nSPS) is 13.6. The van der Waals surface area contributed by atoms with Crippen molar-refractivity contribution in [3.63, 3.8) is 0 Å². The van der Waals surface area contributed by atoms with Crippen LogP contribution in [0.1, 0.15) is 39.3 Å². The third-order valence-corrected chi connectivity index (χ3v) is 2.96. The van der Waals surface area contributed by atoms with Crippen LogP contribution in [-0.2, 0) is 0 Å². The van der Waals surface area contributed by atoms with Crippen LogP contribution in [0.4, 0.5) is 4.79 Å². The summed E-state index contributed by atoms with van der Waals surface area (Å²) in [7, 11) is 0. The summed E-state index contributed by atoms with van der Waals surface area (Å²) in [5, 5.41) is 14.4. The molecule has 1 aromatic carbocycles. The van der Waals surface area contributed by atoms with Gasteiger partial charge in [-0.3, -0.25) is 0 Å². The Hall–Kier alpha value is -1.75. The quantitative estimate of drug-likeness (QED) is 0.723. The summed E-state index contributed by atoms with van der Waals surface area (Å²) in [6, 6.07) is 7.03. The van der Waals surface area contributed by atoms with E-state index in [1.165, 1.54) is 0 Å². The molecular formula is C16H26N2O3. The molecule has 21 heavy (non-hydrogen) atoms. The number of benzene rings is 1. The van der Waals surface area contributed by atoms with E-state index >= 15 is 0 Å². The predicted molar refractivity (Wildman–Crippen MR) is 83.4 cm³/mol. The van der Waals surface area contributed by atoms with Crippen molar-refractivity contribution >= 4 is 6.03 Å². The van der Waals surface area contributed by atoms with Gasteiger partial charge in [-0.2, -0.15) is 0 Å². The molecule has 3 N–H and O–H groups in total. The predicted octanol–water partition coefficient (Wildman–Crippen LogP) is 2.46. The minimum absolute atomic E-state index is 0.0797. The lowest BCUT2D eigenvalue weighted by atomic mass is 10.1. The summed E-state index contributed by atoms with van der Waals surface area (Å²) in [6.45, 7) is 8.47. The summed E-state index contributed by atoms with van der Waals surface area (Å²) in [5.41, 5.74) is 0.999. The van der Waals surface area contributed by atoms with Crippen LogP contribution in [0.5, 0.6) is 5.75 Å². The van der Waals surface area contributed by atoms with Gasteiger partial charge in [-0.05, 0) is 37.5 Å². The smallest absolute Gasteiger partial charge is 0.315 e. The van der Waals surface area contributed by atoms with E-state index in [9.17, 15) is 4.79 Å². The number of hydrogen-bond donors (Lipinski definition) is 3. The van der Waals surface area contributed by atoms with Gasteiger partial charge in [0.1, 0.15) is 5.75 Å². The Labute approximate surface area is 126 Å². The number of amides is 2. The van der Waals surface area contributed by atoms with Crippen molar-refractivity contribution in [2.75, 3.05) is 13.2 Å². The van der Waals surface area contributed by atoms with Crippen LogP contribution < -0.4 is 15.4 Å². The number of ether oxygens (including phenoxy) is 1. The fourth-order valence-corrected chi connectivity index (χ4v) is 1.71. The summed E-state index contributed by atoms with van der Waals surface area (Å²) >= 11 is 0. The third kappa shape index (κ3) is 6.49. The zero-order valence-electron chi connectivity index (χ0n) is 13.2. The molecule has 118 valence electrons. The Morgan fingerprint density at radius 3 is 2.29 bits per heavy atom. The highest BCUT2D eigenvalue weighted by atomic mass is 16.5.